The van der Waals surface area contributed by atoms with Crippen molar-refractivity contribution < 1.29 is 4.79 Å². The zero-order valence-corrected chi connectivity index (χ0v) is 9.68. The molecule has 0 bridgehead atoms. The number of rotatable bonds is 4. The van der Waals surface area contributed by atoms with Gasteiger partial charge in [0.2, 0.25) is 0 Å². The van der Waals surface area contributed by atoms with Crippen molar-refractivity contribution >= 4 is 6.03 Å². The molecule has 1 heterocycles. The topological polar surface area (TPSA) is 44.4 Å². The minimum absolute atomic E-state index is 0.0411. The summed E-state index contributed by atoms with van der Waals surface area (Å²) in [5.41, 5.74) is 1.33. The van der Waals surface area contributed by atoms with Crippen molar-refractivity contribution in [2.75, 3.05) is 32.7 Å². The highest BCUT2D eigenvalue weighted by molar-refractivity contribution is 5.74. The summed E-state index contributed by atoms with van der Waals surface area (Å²) >= 11 is 0. The van der Waals surface area contributed by atoms with Gasteiger partial charge in [0.1, 0.15) is 0 Å². The highest BCUT2D eigenvalue weighted by Gasteiger charge is 2.09. The second-order valence-corrected chi connectivity index (χ2v) is 3.65. The van der Waals surface area contributed by atoms with Crippen LogP contribution in [0.5, 0.6) is 0 Å². The molecule has 0 unspecified atom stereocenters. The molecular formula is C11H21N3O. The van der Waals surface area contributed by atoms with Gasteiger partial charge in [-0.25, -0.2) is 4.79 Å². The van der Waals surface area contributed by atoms with Gasteiger partial charge in [0.15, 0.2) is 0 Å². The Hall–Kier alpha value is -1.03. The normalized spacial score (nSPS) is 15.7. The average molecular weight is 211 g/mol. The molecule has 0 saturated carbocycles. The predicted molar refractivity (Wildman–Crippen MR) is 61.9 cm³/mol. The third-order valence-corrected chi connectivity index (χ3v) is 2.68. The first kappa shape index (κ1) is 12.0. The summed E-state index contributed by atoms with van der Waals surface area (Å²) < 4.78 is 0. The SMILES string of the molecule is CCN(CC)C(=O)NCC1=CCNCC1. The molecule has 1 aliphatic rings. The molecule has 0 aromatic heterocycles. The van der Waals surface area contributed by atoms with Gasteiger partial charge in [-0.3, -0.25) is 0 Å². The molecule has 2 N–H and O–H groups in total. The van der Waals surface area contributed by atoms with Crippen molar-refractivity contribution in [3.63, 3.8) is 0 Å². The van der Waals surface area contributed by atoms with E-state index in [1.807, 2.05) is 13.8 Å². The summed E-state index contributed by atoms with van der Waals surface area (Å²) in [5.74, 6) is 0. The van der Waals surface area contributed by atoms with Gasteiger partial charge < -0.3 is 15.5 Å². The van der Waals surface area contributed by atoms with Gasteiger partial charge in [-0.2, -0.15) is 0 Å². The first-order valence-corrected chi connectivity index (χ1v) is 5.69. The summed E-state index contributed by atoms with van der Waals surface area (Å²) in [6.45, 7) is 8.16. The number of urea groups is 1. The molecule has 0 fully saturated rings. The van der Waals surface area contributed by atoms with E-state index in [9.17, 15) is 4.79 Å². The van der Waals surface area contributed by atoms with Gasteiger partial charge in [-0.1, -0.05) is 11.6 Å². The highest BCUT2D eigenvalue weighted by atomic mass is 16.2. The van der Waals surface area contributed by atoms with Crippen molar-refractivity contribution in [1.82, 2.24) is 15.5 Å². The second-order valence-electron chi connectivity index (χ2n) is 3.65. The molecule has 0 saturated heterocycles. The molecular weight excluding hydrogens is 190 g/mol. The average Bonchev–Trinajstić information content (AvgIpc) is 2.29. The van der Waals surface area contributed by atoms with Gasteiger partial charge in [0.05, 0.1) is 0 Å². The van der Waals surface area contributed by atoms with Crippen molar-refractivity contribution in [3.8, 4) is 0 Å². The van der Waals surface area contributed by atoms with E-state index in [1.54, 1.807) is 4.90 Å². The van der Waals surface area contributed by atoms with E-state index in [4.69, 9.17) is 0 Å². The van der Waals surface area contributed by atoms with Crippen LogP contribution in [0.1, 0.15) is 20.3 Å². The smallest absolute Gasteiger partial charge is 0.317 e. The number of amides is 2. The van der Waals surface area contributed by atoms with Crippen molar-refractivity contribution in [1.29, 1.82) is 0 Å². The van der Waals surface area contributed by atoms with Crippen LogP contribution in [0.3, 0.4) is 0 Å². The summed E-state index contributed by atoms with van der Waals surface area (Å²) in [6.07, 6.45) is 3.20. The molecule has 4 nitrogen and oxygen atoms in total. The first-order valence-electron chi connectivity index (χ1n) is 5.69. The Morgan fingerprint density at radius 2 is 2.27 bits per heavy atom. The maximum atomic E-state index is 11.6. The molecule has 15 heavy (non-hydrogen) atoms. The molecule has 0 aromatic carbocycles. The molecule has 86 valence electrons. The summed E-state index contributed by atoms with van der Waals surface area (Å²) in [6, 6.07) is 0.0411. The Kier molecular flexibility index (Phi) is 5.18. The Labute approximate surface area is 91.7 Å². The first-order chi connectivity index (χ1) is 7.27. The minimum Gasteiger partial charge on any atom is -0.334 e. The molecule has 0 spiro atoms. The van der Waals surface area contributed by atoms with E-state index in [0.29, 0.717) is 6.54 Å². The number of hydrogen-bond donors (Lipinski definition) is 2. The van der Waals surface area contributed by atoms with E-state index in [1.165, 1.54) is 5.57 Å². The van der Waals surface area contributed by atoms with Crippen LogP contribution in [-0.2, 0) is 0 Å². The largest absolute Gasteiger partial charge is 0.334 e. The van der Waals surface area contributed by atoms with Crippen molar-refractivity contribution in [2.45, 2.75) is 20.3 Å². The lowest BCUT2D eigenvalue weighted by atomic mass is 10.1. The maximum absolute atomic E-state index is 11.6. The standard InChI is InChI=1S/C11H21N3O/c1-3-14(4-2)11(15)13-9-10-5-7-12-8-6-10/h5,12H,3-4,6-9H2,1-2H3,(H,13,15). The van der Waals surface area contributed by atoms with Crippen LogP contribution >= 0.6 is 0 Å². The Bertz CT molecular complexity index is 234. The van der Waals surface area contributed by atoms with Crippen LogP contribution in [0.4, 0.5) is 4.79 Å². The molecule has 0 atom stereocenters. The third kappa shape index (κ3) is 3.91. The lowest BCUT2D eigenvalue weighted by molar-refractivity contribution is 0.204. The van der Waals surface area contributed by atoms with Crippen LogP contribution in [0.2, 0.25) is 0 Å². The van der Waals surface area contributed by atoms with Gasteiger partial charge in [-0.05, 0) is 26.8 Å². The second kappa shape index (κ2) is 6.45. The zero-order valence-electron chi connectivity index (χ0n) is 9.68. The third-order valence-electron chi connectivity index (χ3n) is 2.68. The van der Waals surface area contributed by atoms with E-state index in [-0.39, 0.29) is 6.03 Å². The van der Waals surface area contributed by atoms with Gasteiger partial charge >= 0.3 is 6.03 Å². The van der Waals surface area contributed by atoms with Gasteiger partial charge in [0, 0.05) is 26.2 Å². The Morgan fingerprint density at radius 3 is 2.80 bits per heavy atom. The van der Waals surface area contributed by atoms with Gasteiger partial charge in [0.25, 0.3) is 0 Å². The van der Waals surface area contributed by atoms with Crippen LogP contribution in [-0.4, -0.2) is 43.7 Å². The van der Waals surface area contributed by atoms with E-state index in [2.05, 4.69) is 16.7 Å². The Balaban J connectivity index is 2.29. The lowest BCUT2D eigenvalue weighted by Crippen LogP contribution is -2.41. The number of hydrogen-bond acceptors (Lipinski definition) is 2. The van der Waals surface area contributed by atoms with E-state index in [0.717, 1.165) is 32.6 Å². The van der Waals surface area contributed by atoms with Crippen LogP contribution < -0.4 is 10.6 Å². The van der Waals surface area contributed by atoms with Crippen molar-refractivity contribution in [2.24, 2.45) is 0 Å². The van der Waals surface area contributed by atoms with Gasteiger partial charge in [-0.15, -0.1) is 0 Å². The number of carbonyl (C=O) groups is 1. The maximum Gasteiger partial charge on any atom is 0.317 e. The molecule has 0 radical (unpaired) electrons. The Morgan fingerprint density at radius 1 is 1.53 bits per heavy atom. The number of nitrogens with one attached hydrogen (secondary N) is 2. The van der Waals surface area contributed by atoms with E-state index < -0.39 is 0 Å². The molecule has 1 aliphatic heterocycles. The molecule has 1 rings (SSSR count). The van der Waals surface area contributed by atoms with Crippen molar-refractivity contribution in [3.05, 3.63) is 11.6 Å². The minimum atomic E-state index is 0.0411. The fourth-order valence-corrected chi connectivity index (χ4v) is 1.64. The zero-order chi connectivity index (χ0) is 11.1. The summed E-state index contributed by atoms with van der Waals surface area (Å²) in [7, 11) is 0. The molecule has 2 amide bonds. The van der Waals surface area contributed by atoms with Crippen LogP contribution in [0.15, 0.2) is 11.6 Å². The highest BCUT2D eigenvalue weighted by Crippen LogP contribution is 2.02. The fraction of sp³-hybridized carbons (Fsp3) is 0.727. The van der Waals surface area contributed by atoms with Crippen LogP contribution in [0.25, 0.3) is 0 Å². The van der Waals surface area contributed by atoms with E-state index >= 15 is 0 Å². The lowest BCUT2D eigenvalue weighted by Gasteiger charge is -2.21. The number of nitrogens with zero attached hydrogens (tertiary/aromatic N) is 1. The molecule has 4 heteroatoms. The molecule has 0 aliphatic carbocycles. The monoisotopic (exact) mass is 211 g/mol. The summed E-state index contributed by atoms with van der Waals surface area (Å²) in [5, 5.41) is 6.19. The summed E-state index contributed by atoms with van der Waals surface area (Å²) in [4.78, 5) is 13.4. The quantitative estimate of drug-likeness (QED) is 0.680. The fourth-order valence-electron chi connectivity index (χ4n) is 1.64. The number of carbonyl (C=O) groups excluding carboxylic acids is 1. The molecule has 0 aromatic rings. The predicted octanol–water partition coefficient (Wildman–Crippen LogP) is 0.957. The van der Waals surface area contributed by atoms with Crippen LogP contribution in [0, 0.1) is 0 Å².